The minimum atomic E-state index is -1.80. The van der Waals surface area contributed by atoms with Crippen molar-refractivity contribution in [2.75, 3.05) is 21.3 Å². The van der Waals surface area contributed by atoms with Crippen molar-refractivity contribution < 1.29 is 47.7 Å². The minimum absolute atomic E-state index is 0.0573. The molecular formula is C23H30O10. The van der Waals surface area contributed by atoms with Gasteiger partial charge in [0.1, 0.15) is 11.2 Å². The zero-order chi connectivity index (χ0) is 24.6. The van der Waals surface area contributed by atoms with E-state index in [2.05, 4.69) is 0 Å². The third kappa shape index (κ3) is 3.89. The number of ether oxygens (including phenoxy) is 5. The molecule has 10 nitrogen and oxygen atoms in total. The first-order valence-electron chi connectivity index (χ1n) is 10.9. The van der Waals surface area contributed by atoms with Crippen molar-refractivity contribution in [3.05, 3.63) is 11.8 Å². The summed E-state index contributed by atoms with van der Waals surface area (Å²) in [6, 6.07) is 0. The van der Waals surface area contributed by atoms with Crippen LogP contribution in [0.3, 0.4) is 0 Å². The first kappa shape index (κ1) is 24.7. The van der Waals surface area contributed by atoms with E-state index in [1.807, 2.05) is 0 Å². The SMILES string of the molecule is COC(=O)C(C(=O)OC)[C@@H]1CCC[C@@]2(CC3=CC(=O)OC(C)(C)O3)CCC(=O)[C@@]12C(=O)OC. The number of fused-ring (bicyclic) bond motifs is 1. The van der Waals surface area contributed by atoms with E-state index in [1.165, 1.54) is 13.2 Å². The highest BCUT2D eigenvalue weighted by Gasteiger charge is 2.72. The number of carbonyl (C=O) groups is 5. The predicted molar refractivity (Wildman–Crippen MR) is 110 cm³/mol. The summed E-state index contributed by atoms with van der Waals surface area (Å²) in [6.45, 7) is 3.16. The summed E-state index contributed by atoms with van der Waals surface area (Å²) in [5.41, 5.74) is -2.83. The largest absolute Gasteiger partial charge is 0.468 e. The summed E-state index contributed by atoms with van der Waals surface area (Å²) < 4.78 is 25.8. The highest BCUT2D eigenvalue weighted by molar-refractivity contribution is 6.09. The number of carbonyl (C=O) groups excluding carboxylic acids is 5. The number of esters is 4. The van der Waals surface area contributed by atoms with Gasteiger partial charge in [-0.15, -0.1) is 0 Å². The molecule has 0 aromatic carbocycles. The Balaban J connectivity index is 2.18. The zero-order valence-corrected chi connectivity index (χ0v) is 19.6. The number of ketones is 1. The Bertz CT molecular complexity index is 887. The van der Waals surface area contributed by atoms with Gasteiger partial charge in [0.05, 0.1) is 27.4 Å². The maximum absolute atomic E-state index is 13.5. The summed E-state index contributed by atoms with van der Waals surface area (Å²) in [5, 5.41) is 0. The smallest absolute Gasteiger partial charge is 0.337 e. The third-order valence-corrected chi connectivity index (χ3v) is 7.17. The van der Waals surface area contributed by atoms with Crippen LogP contribution >= 0.6 is 0 Å². The van der Waals surface area contributed by atoms with Crippen molar-refractivity contribution in [2.45, 2.75) is 58.2 Å². The molecule has 2 fully saturated rings. The molecule has 1 aliphatic heterocycles. The molecule has 3 rings (SSSR count). The highest BCUT2D eigenvalue weighted by atomic mass is 16.7. The van der Waals surface area contributed by atoms with E-state index in [0.29, 0.717) is 19.3 Å². The van der Waals surface area contributed by atoms with Gasteiger partial charge in [-0.25, -0.2) is 4.79 Å². The van der Waals surface area contributed by atoms with Crippen LogP contribution in [0, 0.1) is 22.7 Å². The second-order valence-corrected chi connectivity index (χ2v) is 9.24. The fraction of sp³-hybridized carbons (Fsp3) is 0.696. The maximum atomic E-state index is 13.5. The maximum Gasteiger partial charge on any atom is 0.337 e. The van der Waals surface area contributed by atoms with E-state index in [1.54, 1.807) is 13.8 Å². The topological polar surface area (TPSA) is 132 Å². The number of hydrogen-bond donors (Lipinski definition) is 0. The molecule has 3 aliphatic rings. The van der Waals surface area contributed by atoms with Crippen LogP contribution in [0.15, 0.2) is 11.8 Å². The van der Waals surface area contributed by atoms with Crippen LogP contribution in [0.2, 0.25) is 0 Å². The summed E-state index contributed by atoms with van der Waals surface area (Å²) in [5.74, 6) is -7.05. The lowest BCUT2D eigenvalue weighted by molar-refractivity contribution is -0.209. The van der Waals surface area contributed by atoms with E-state index in [4.69, 9.17) is 23.7 Å². The number of hydrogen-bond acceptors (Lipinski definition) is 10. The van der Waals surface area contributed by atoms with Gasteiger partial charge in [-0.3, -0.25) is 19.2 Å². The van der Waals surface area contributed by atoms with Crippen molar-refractivity contribution in [1.82, 2.24) is 0 Å². The van der Waals surface area contributed by atoms with Gasteiger partial charge in [0, 0.05) is 38.0 Å². The fourth-order valence-electron chi connectivity index (χ4n) is 6.09. The normalized spacial score (nSPS) is 30.5. The van der Waals surface area contributed by atoms with Crippen LogP contribution < -0.4 is 0 Å². The molecule has 0 spiro atoms. The number of Topliss-reactive ketones (excluding diaryl/α,β-unsaturated/α-hetero) is 1. The van der Waals surface area contributed by atoms with Crippen LogP contribution in [0.4, 0.5) is 0 Å². The quantitative estimate of drug-likeness (QED) is 0.324. The molecule has 0 amide bonds. The Morgan fingerprint density at radius 1 is 1.03 bits per heavy atom. The molecule has 0 aromatic rings. The molecule has 33 heavy (non-hydrogen) atoms. The Morgan fingerprint density at radius 2 is 1.67 bits per heavy atom. The molecule has 0 N–H and O–H groups in total. The van der Waals surface area contributed by atoms with Crippen molar-refractivity contribution in [1.29, 1.82) is 0 Å². The molecule has 1 heterocycles. The number of rotatable bonds is 6. The molecule has 0 aromatic heterocycles. The van der Waals surface area contributed by atoms with Gasteiger partial charge < -0.3 is 23.7 Å². The third-order valence-electron chi connectivity index (χ3n) is 7.17. The van der Waals surface area contributed by atoms with Crippen LogP contribution in [0.25, 0.3) is 0 Å². The van der Waals surface area contributed by atoms with Crippen molar-refractivity contribution in [3.63, 3.8) is 0 Å². The second kappa shape index (κ2) is 8.79. The van der Waals surface area contributed by atoms with Crippen LogP contribution in [0.5, 0.6) is 0 Å². The van der Waals surface area contributed by atoms with Gasteiger partial charge in [0.2, 0.25) is 5.79 Å². The molecule has 0 saturated heterocycles. The lowest BCUT2D eigenvalue weighted by Gasteiger charge is -2.52. The standard InChI is InChI=1S/C23H30O10/c1-21(2)32-13(11-16(25)33-21)12-22-9-6-7-14(17(18(26)29-3)19(27)30-4)23(22,20(28)31-5)15(24)8-10-22/h11,14,17H,6-10,12H2,1-5H3/t14-,22-,23+/m0/s1. The molecule has 182 valence electrons. The van der Waals surface area contributed by atoms with Gasteiger partial charge in [0.25, 0.3) is 0 Å². The van der Waals surface area contributed by atoms with Crippen LogP contribution in [-0.4, -0.2) is 56.8 Å². The molecular weight excluding hydrogens is 436 g/mol. The highest BCUT2D eigenvalue weighted by Crippen LogP contribution is 2.66. The number of allylic oxidation sites excluding steroid dienone is 1. The Labute approximate surface area is 191 Å². The van der Waals surface area contributed by atoms with Crippen molar-refractivity contribution in [2.24, 2.45) is 22.7 Å². The van der Waals surface area contributed by atoms with E-state index < -0.39 is 58.1 Å². The summed E-state index contributed by atoms with van der Waals surface area (Å²) in [4.78, 5) is 64.5. The Kier molecular flexibility index (Phi) is 6.59. The fourth-order valence-corrected chi connectivity index (χ4v) is 6.09. The van der Waals surface area contributed by atoms with Crippen LogP contribution in [0.1, 0.15) is 52.4 Å². The average Bonchev–Trinajstić information content (AvgIpc) is 3.05. The van der Waals surface area contributed by atoms with Gasteiger partial charge in [-0.05, 0) is 19.3 Å². The van der Waals surface area contributed by atoms with Gasteiger partial charge in [0.15, 0.2) is 11.7 Å². The molecule has 0 radical (unpaired) electrons. The zero-order valence-electron chi connectivity index (χ0n) is 19.6. The lowest BCUT2D eigenvalue weighted by atomic mass is 9.49. The molecule has 10 heteroatoms. The second-order valence-electron chi connectivity index (χ2n) is 9.24. The summed E-state index contributed by atoms with van der Waals surface area (Å²) in [7, 11) is 3.43. The lowest BCUT2D eigenvalue weighted by Crippen LogP contribution is -2.60. The summed E-state index contributed by atoms with van der Waals surface area (Å²) in [6.07, 6.45) is 2.84. The number of cyclic esters (lactones) is 1. The van der Waals surface area contributed by atoms with Crippen LogP contribution in [-0.2, 0) is 47.7 Å². The molecule has 2 saturated carbocycles. The van der Waals surface area contributed by atoms with Crippen molar-refractivity contribution >= 4 is 29.7 Å². The molecule has 0 unspecified atom stereocenters. The van der Waals surface area contributed by atoms with E-state index in [0.717, 1.165) is 14.2 Å². The van der Waals surface area contributed by atoms with Gasteiger partial charge in [-0.1, -0.05) is 6.42 Å². The van der Waals surface area contributed by atoms with E-state index in [9.17, 15) is 24.0 Å². The molecule has 2 aliphatic carbocycles. The van der Waals surface area contributed by atoms with Gasteiger partial charge >= 0.3 is 23.9 Å². The summed E-state index contributed by atoms with van der Waals surface area (Å²) >= 11 is 0. The predicted octanol–water partition coefficient (Wildman–Crippen LogP) is 1.84. The monoisotopic (exact) mass is 466 g/mol. The van der Waals surface area contributed by atoms with E-state index in [-0.39, 0.29) is 25.0 Å². The first-order chi connectivity index (χ1) is 15.5. The number of methoxy groups -OCH3 is 3. The molecule has 0 bridgehead atoms. The minimum Gasteiger partial charge on any atom is -0.468 e. The Morgan fingerprint density at radius 3 is 2.21 bits per heavy atom. The van der Waals surface area contributed by atoms with Gasteiger partial charge in [-0.2, -0.15) is 0 Å². The first-order valence-corrected chi connectivity index (χ1v) is 10.9. The average molecular weight is 466 g/mol. The molecule has 3 atom stereocenters. The van der Waals surface area contributed by atoms with E-state index >= 15 is 0 Å². The Hall–Kier alpha value is -2.91. The van der Waals surface area contributed by atoms with Crippen molar-refractivity contribution in [3.8, 4) is 0 Å².